The van der Waals surface area contributed by atoms with Crippen LogP contribution < -0.4 is 9.47 Å². The molecule has 7 nitrogen and oxygen atoms in total. The molecule has 3 atom stereocenters. The number of methoxy groups -OCH3 is 1. The fourth-order valence-corrected chi connectivity index (χ4v) is 5.49. The topological polar surface area (TPSA) is 74.6 Å². The maximum Gasteiger partial charge on any atom is 0.254 e. The molecular weight excluding hydrogens is 454 g/mol. The lowest BCUT2D eigenvalue weighted by atomic mass is 9.79. The fourth-order valence-electron chi connectivity index (χ4n) is 5.49. The van der Waals surface area contributed by atoms with Crippen molar-refractivity contribution in [2.45, 2.75) is 58.2 Å². The molecule has 0 radical (unpaired) electrons. The number of nitrogens with zero attached hydrogens (tertiary/aromatic N) is 3. The Labute approximate surface area is 214 Å². The van der Waals surface area contributed by atoms with Crippen molar-refractivity contribution < 1.29 is 19.4 Å². The number of ether oxygens (including phenoxy) is 2. The molecule has 1 N–H and O–H groups in total. The molecule has 0 spiro atoms. The number of amides is 1. The van der Waals surface area contributed by atoms with Crippen molar-refractivity contribution in [1.29, 1.82) is 0 Å². The summed E-state index contributed by atoms with van der Waals surface area (Å²) in [5, 5.41) is 9.63. The summed E-state index contributed by atoms with van der Waals surface area (Å²) in [4.78, 5) is 22.6. The molecule has 2 aliphatic heterocycles. The van der Waals surface area contributed by atoms with Crippen LogP contribution in [0.25, 0.3) is 0 Å². The van der Waals surface area contributed by atoms with E-state index in [0.29, 0.717) is 23.8 Å². The van der Waals surface area contributed by atoms with Gasteiger partial charge in [-0.1, -0.05) is 12.1 Å². The van der Waals surface area contributed by atoms with Crippen LogP contribution in [0.5, 0.6) is 11.5 Å². The summed E-state index contributed by atoms with van der Waals surface area (Å²) < 4.78 is 11.6. The Hall–Kier alpha value is -2.90. The van der Waals surface area contributed by atoms with Gasteiger partial charge in [0, 0.05) is 35.2 Å². The van der Waals surface area contributed by atoms with E-state index in [4.69, 9.17) is 14.5 Å². The van der Waals surface area contributed by atoms with Gasteiger partial charge in [-0.3, -0.25) is 9.79 Å². The average Bonchev–Trinajstić information content (AvgIpc) is 2.88. The van der Waals surface area contributed by atoms with Crippen LogP contribution in [0.15, 0.2) is 41.4 Å². The Balaban J connectivity index is 1.74. The van der Waals surface area contributed by atoms with E-state index in [2.05, 4.69) is 18.0 Å². The van der Waals surface area contributed by atoms with E-state index in [0.717, 1.165) is 42.1 Å². The number of likely N-dealkylation sites (N-methyl/N-ethyl adjacent to an activating group) is 1. The van der Waals surface area contributed by atoms with E-state index in [1.165, 1.54) is 5.56 Å². The summed E-state index contributed by atoms with van der Waals surface area (Å²) in [6.07, 6.45) is 0.999. The van der Waals surface area contributed by atoms with E-state index >= 15 is 0 Å². The largest absolute Gasteiger partial charge is 0.493 e. The molecular formula is C29H39N3O4. The molecule has 194 valence electrons. The Kier molecular flexibility index (Phi) is 8.00. The second kappa shape index (κ2) is 11.0. The number of aliphatic hydroxyl groups is 1. The number of hydrogen-bond acceptors (Lipinski definition) is 6. The number of aliphatic imine (C=N–C) groups is 1. The van der Waals surface area contributed by atoms with E-state index in [-0.39, 0.29) is 30.6 Å². The van der Waals surface area contributed by atoms with Crippen molar-refractivity contribution in [2.24, 2.45) is 4.99 Å². The SMILES string of the molecule is CCOc1cc2c(cc1OC)C(c1ccc(C(=O)N(C(C)C)[C@H](C)CO)cc1)=N[C@@H]1CCN(C)C[C@H]21. The van der Waals surface area contributed by atoms with Crippen molar-refractivity contribution in [1.82, 2.24) is 9.80 Å². The predicted octanol–water partition coefficient (Wildman–Crippen LogP) is 3.96. The number of likely N-dealkylation sites (tertiary alicyclic amines) is 1. The molecule has 0 bridgehead atoms. The first-order valence-corrected chi connectivity index (χ1v) is 12.9. The van der Waals surface area contributed by atoms with Gasteiger partial charge in [0.05, 0.1) is 38.1 Å². The minimum atomic E-state index is -0.250. The zero-order valence-electron chi connectivity index (χ0n) is 22.3. The third-order valence-corrected chi connectivity index (χ3v) is 7.30. The molecule has 0 saturated carbocycles. The summed E-state index contributed by atoms with van der Waals surface area (Å²) in [6.45, 7) is 10.2. The van der Waals surface area contributed by atoms with Crippen molar-refractivity contribution in [3.8, 4) is 11.5 Å². The standard InChI is InChI=1S/C29H39N3O4/c1-7-36-27-14-22-23(15-26(27)35-6)28(30-25-12-13-31(5)16-24(22)25)20-8-10-21(11-9-20)29(34)32(18(2)3)19(4)17-33/h8-11,14-15,18-19,24-25,33H,7,12-13,16-17H2,1-6H3/t19-,24-,25-/m1/s1. The highest BCUT2D eigenvalue weighted by atomic mass is 16.5. The Morgan fingerprint density at radius 1 is 1.19 bits per heavy atom. The Bertz CT molecular complexity index is 1110. The van der Waals surface area contributed by atoms with Gasteiger partial charge in [0.15, 0.2) is 11.5 Å². The van der Waals surface area contributed by atoms with Crippen molar-refractivity contribution >= 4 is 11.6 Å². The van der Waals surface area contributed by atoms with Crippen LogP contribution in [-0.4, -0.2) is 85.1 Å². The van der Waals surface area contributed by atoms with Gasteiger partial charge in [-0.05, 0) is 77.5 Å². The normalized spacial score (nSPS) is 20.3. The minimum absolute atomic E-state index is 0.0118. The monoisotopic (exact) mass is 493 g/mol. The lowest BCUT2D eigenvalue weighted by Gasteiger charge is -2.39. The van der Waals surface area contributed by atoms with Crippen LogP contribution >= 0.6 is 0 Å². The third-order valence-electron chi connectivity index (χ3n) is 7.30. The van der Waals surface area contributed by atoms with Gasteiger partial charge in [0.1, 0.15) is 0 Å². The molecule has 2 heterocycles. The first-order chi connectivity index (χ1) is 17.3. The van der Waals surface area contributed by atoms with E-state index in [9.17, 15) is 9.90 Å². The van der Waals surface area contributed by atoms with Gasteiger partial charge in [-0.15, -0.1) is 0 Å². The molecule has 4 rings (SSSR count). The molecule has 1 amide bonds. The van der Waals surface area contributed by atoms with Crippen LogP contribution in [0.3, 0.4) is 0 Å². The molecule has 2 aliphatic rings. The first-order valence-electron chi connectivity index (χ1n) is 12.9. The van der Waals surface area contributed by atoms with Crippen LogP contribution in [-0.2, 0) is 0 Å². The van der Waals surface area contributed by atoms with Gasteiger partial charge in [-0.2, -0.15) is 0 Å². The second-order valence-corrected chi connectivity index (χ2v) is 10.1. The average molecular weight is 494 g/mol. The fraction of sp³-hybridized carbons (Fsp3) is 0.517. The maximum absolute atomic E-state index is 13.2. The molecule has 0 aromatic heterocycles. The molecule has 1 saturated heterocycles. The van der Waals surface area contributed by atoms with Crippen LogP contribution in [0.4, 0.5) is 0 Å². The third kappa shape index (κ3) is 5.00. The summed E-state index contributed by atoms with van der Waals surface area (Å²) in [7, 11) is 3.82. The van der Waals surface area contributed by atoms with Gasteiger partial charge in [0.2, 0.25) is 0 Å². The Morgan fingerprint density at radius 3 is 2.53 bits per heavy atom. The number of aliphatic hydroxyl groups excluding tert-OH is 1. The number of rotatable bonds is 8. The van der Waals surface area contributed by atoms with Gasteiger partial charge in [-0.25, -0.2) is 0 Å². The number of carbonyl (C=O) groups is 1. The number of carbonyl (C=O) groups excluding carboxylic acids is 1. The number of piperidine rings is 1. The van der Waals surface area contributed by atoms with E-state index in [1.807, 2.05) is 58.0 Å². The van der Waals surface area contributed by atoms with Gasteiger partial charge >= 0.3 is 0 Å². The second-order valence-electron chi connectivity index (χ2n) is 10.1. The molecule has 2 aromatic rings. The quantitative estimate of drug-likeness (QED) is 0.603. The van der Waals surface area contributed by atoms with E-state index in [1.54, 1.807) is 12.0 Å². The molecule has 36 heavy (non-hydrogen) atoms. The first kappa shape index (κ1) is 26.2. The predicted molar refractivity (Wildman–Crippen MR) is 143 cm³/mol. The van der Waals surface area contributed by atoms with Crippen molar-refractivity contribution in [3.63, 3.8) is 0 Å². The zero-order chi connectivity index (χ0) is 26.0. The van der Waals surface area contributed by atoms with Gasteiger partial charge in [0.25, 0.3) is 5.91 Å². The lowest BCUT2D eigenvalue weighted by molar-refractivity contribution is 0.0539. The van der Waals surface area contributed by atoms with Crippen molar-refractivity contribution in [2.75, 3.05) is 40.5 Å². The number of hydrogen-bond donors (Lipinski definition) is 1. The summed E-state index contributed by atoms with van der Waals surface area (Å²) in [5.41, 5.74) is 4.81. The molecule has 0 unspecified atom stereocenters. The van der Waals surface area contributed by atoms with Gasteiger partial charge < -0.3 is 24.4 Å². The molecule has 0 aliphatic carbocycles. The van der Waals surface area contributed by atoms with Crippen LogP contribution in [0, 0.1) is 0 Å². The highest BCUT2D eigenvalue weighted by molar-refractivity contribution is 6.15. The Morgan fingerprint density at radius 2 is 1.92 bits per heavy atom. The van der Waals surface area contributed by atoms with Crippen LogP contribution in [0.2, 0.25) is 0 Å². The highest BCUT2D eigenvalue weighted by Crippen LogP contribution is 2.42. The van der Waals surface area contributed by atoms with E-state index < -0.39 is 0 Å². The van der Waals surface area contributed by atoms with Crippen LogP contribution in [0.1, 0.15) is 67.1 Å². The summed E-state index contributed by atoms with van der Waals surface area (Å²) >= 11 is 0. The molecule has 7 heteroatoms. The van der Waals surface area contributed by atoms with Crippen molar-refractivity contribution in [3.05, 3.63) is 58.7 Å². The lowest BCUT2D eigenvalue weighted by Crippen LogP contribution is -2.45. The molecule has 1 fully saturated rings. The highest BCUT2D eigenvalue weighted by Gasteiger charge is 2.36. The smallest absolute Gasteiger partial charge is 0.254 e. The zero-order valence-corrected chi connectivity index (χ0v) is 22.3. The maximum atomic E-state index is 13.2. The molecule has 2 aromatic carbocycles. The number of benzene rings is 2. The minimum Gasteiger partial charge on any atom is -0.493 e. The summed E-state index contributed by atoms with van der Waals surface area (Å²) in [6, 6.07) is 11.8. The summed E-state index contributed by atoms with van der Waals surface area (Å²) in [5.74, 6) is 1.68. The number of fused-ring (bicyclic) bond motifs is 3.